The van der Waals surface area contributed by atoms with Crippen molar-refractivity contribution in [1.82, 2.24) is 5.32 Å². The molecule has 9 heteroatoms. The summed E-state index contributed by atoms with van der Waals surface area (Å²) in [6, 6.07) is -0.818. The number of ether oxygens (including phenoxy) is 2. The number of aliphatic hydroxyl groups is 5. The van der Waals surface area contributed by atoms with Gasteiger partial charge in [-0.25, -0.2) is 0 Å². The second kappa shape index (κ2) is 23.0. The summed E-state index contributed by atoms with van der Waals surface area (Å²) < 4.78 is 11.0. The van der Waals surface area contributed by atoms with Crippen molar-refractivity contribution in [3.05, 3.63) is 36.5 Å². The first-order valence-corrected chi connectivity index (χ1v) is 15.2. The molecule has 0 aromatic heterocycles. The molecule has 9 nitrogen and oxygen atoms in total. The van der Waals surface area contributed by atoms with Gasteiger partial charge in [-0.3, -0.25) is 4.79 Å². The average molecular weight is 570 g/mol. The number of aliphatic hydroxyl groups excluding tert-OH is 5. The number of nitrogens with one attached hydrogen (secondary N) is 1. The van der Waals surface area contributed by atoms with Crippen LogP contribution < -0.4 is 5.32 Å². The van der Waals surface area contributed by atoms with E-state index in [2.05, 4.69) is 43.5 Å². The van der Waals surface area contributed by atoms with E-state index in [0.29, 0.717) is 6.42 Å². The molecule has 0 saturated carbocycles. The molecule has 0 radical (unpaired) electrons. The molecule has 232 valence electrons. The Labute approximate surface area is 241 Å². The summed E-state index contributed by atoms with van der Waals surface area (Å²) in [7, 11) is 0. The first kappa shape index (κ1) is 36.4. The Morgan fingerprint density at radius 2 is 1.43 bits per heavy atom. The topological polar surface area (TPSA) is 149 Å². The van der Waals surface area contributed by atoms with Gasteiger partial charge in [-0.15, -0.1) is 0 Å². The van der Waals surface area contributed by atoms with Crippen molar-refractivity contribution < 1.29 is 39.8 Å². The lowest BCUT2D eigenvalue weighted by Gasteiger charge is -2.40. The second-order valence-electron chi connectivity index (χ2n) is 10.5. The normalized spacial score (nSPS) is 25.2. The number of carbonyl (C=O) groups excluding carboxylic acids is 1. The van der Waals surface area contributed by atoms with Crippen LogP contribution in [0, 0.1) is 0 Å². The van der Waals surface area contributed by atoms with Gasteiger partial charge in [-0.05, 0) is 44.9 Å². The van der Waals surface area contributed by atoms with Gasteiger partial charge in [0.1, 0.15) is 24.4 Å². The summed E-state index contributed by atoms with van der Waals surface area (Å²) in [5.41, 5.74) is 0. The van der Waals surface area contributed by atoms with Gasteiger partial charge in [0.15, 0.2) is 6.29 Å². The molecule has 7 unspecified atom stereocenters. The van der Waals surface area contributed by atoms with Crippen molar-refractivity contribution in [2.45, 2.75) is 140 Å². The van der Waals surface area contributed by atoms with Crippen LogP contribution in [0.4, 0.5) is 0 Å². The highest BCUT2D eigenvalue weighted by Crippen LogP contribution is 2.22. The van der Waals surface area contributed by atoms with E-state index in [1.54, 1.807) is 6.08 Å². The fraction of sp³-hybridized carbons (Fsp3) is 0.774. The molecule has 40 heavy (non-hydrogen) atoms. The number of amides is 1. The van der Waals surface area contributed by atoms with Crippen LogP contribution >= 0.6 is 0 Å². The molecule has 1 rings (SSSR count). The number of rotatable bonds is 22. The highest BCUT2D eigenvalue weighted by atomic mass is 16.7. The zero-order valence-corrected chi connectivity index (χ0v) is 24.6. The SMILES string of the molecule is CCC/C=C\CCCCCCCC(=O)NC(COC1OC(CO)C(O)C(O)C1O)C(O)/C=C/CC/C=C/CCC. The fourth-order valence-corrected chi connectivity index (χ4v) is 4.35. The molecule has 1 aliphatic heterocycles. The van der Waals surface area contributed by atoms with Crippen molar-refractivity contribution in [2.75, 3.05) is 13.2 Å². The number of hydrogen-bond donors (Lipinski definition) is 6. The Kier molecular flexibility index (Phi) is 21.0. The molecule has 0 aromatic carbocycles. The molecule has 1 heterocycles. The van der Waals surface area contributed by atoms with Gasteiger partial charge >= 0.3 is 0 Å². The molecule has 7 atom stereocenters. The highest BCUT2D eigenvalue weighted by Gasteiger charge is 2.44. The molecular weight excluding hydrogens is 514 g/mol. The molecule has 0 aliphatic carbocycles. The molecule has 0 aromatic rings. The maximum atomic E-state index is 12.7. The Morgan fingerprint density at radius 3 is 2.10 bits per heavy atom. The Hall–Kier alpha value is -1.59. The smallest absolute Gasteiger partial charge is 0.220 e. The van der Waals surface area contributed by atoms with Crippen LogP contribution in [0.3, 0.4) is 0 Å². The molecule has 1 aliphatic rings. The maximum absolute atomic E-state index is 12.7. The van der Waals surface area contributed by atoms with Crippen molar-refractivity contribution in [3.8, 4) is 0 Å². The third-order valence-corrected chi connectivity index (χ3v) is 6.90. The van der Waals surface area contributed by atoms with Crippen LogP contribution in [0.2, 0.25) is 0 Å². The fourth-order valence-electron chi connectivity index (χ4n) is 4.35. The summed E-state index contributed by atoms with van der Waals surface area (Å²) in [6.45, 7) is 3.51. The van der Waals surface area contributed by atoms with E-state index in [-0.39, 0.29) is 12.5 Å². The lowest BCUT2D eigenvalue weighted by Crippen LogP contribution is -2.60. The van der Waals surface area contributed by atoms with Crippen LogP contribution in [0.1, 0.15) is 97.3 Å². The summed E-state index contributed by atoms with van der Waals surface area (Å²) in [5.74, 6) is -0.208. The molecule has 1 saturated heterocycles. The van der Waals surface area contributed by atoms with Crippen LogP contribution in [-0.2, 0) is 14.3 Å². The molecular formula is C31H55NO8. The van der Waals surface area contributed by atoms with E-state index in [1.807, 2.05) is 6.08 Å². The molecule has 1 amide bonds. The van der Waals surface area contributed by atoms with E-state index < -0.39 is 49.5 Å². The number of unbranched alkanes of at least 4 members (excludes halogenated alkanes) is 8. The van der Waals surface area contributed by atoms with Crippen LogP contribution in [0.25, 0.3) is 0 Å². The van der Waals surface area contributed by atoms with Crippen LogP contribution in [0.5, 0.6) is 0 Å². The number of carbonyl (C=O) groups is 1. The van der Waals surface area contributed by atoms with E-state index in [9.17, 15) is 30.3 Å². The summed E-state index contributed by atoms with van der Waals surface area (Å²) in [5, 5.41) is 53.3. The Balaban J connectivity index is 2.59. The van der Waals surface area contributed by atoms with E-state index >= 15 is 0 Å². The predicted molar refractivity (Wildman–Crippen MR) is 156 cm³/mol. The minimum absolute atomic E-state index is 0.206. The lowest BCUT2D eigenvalue weighted by molar-refractivity contribution is -0.302. The second-order valence-corrected chi connectivity index (χ2v) is 10.5. The summed E-state index contributed by atoms with van der Waals surface area (Å²) >= 11 is 0. The van der Waals surface area contributed by atoms with Crippen molar-refractivity contribution in [3.63, 3.8) is 0 Å². The molecule has 1 fully saturated rings. The summed E-state index contributed by atoms with van der Waals surface area (Å²) in [4.78, 5) is 12.7. The van der Waals surface area contributed by atoms with Crippen molar-refractivity contribution >= 4 is 5.91 Å². The highest BCUT2D eigenvalue weighted by molar-refractivity contribution is 5.76. The van der Waals surface area contributed by atoms with Crippen molar-refractivity contribution in [1.29, 1.82) is 0 Å². The van der Waals surface area contributed by atoms with Gasteiger partial charge < -0.3 is 40.3 Å². The third kappa shape index (κ3) is 15.4. The van der Waals surface area contributed by atoms with Gasteiger partial charge in [0.25, 0.3) is 0 Å². The first-order valence-electron chi connectivity index (χ1n) is 15.2. The van der Waals surface area contributed by atoms with Crippen LogP contribution in [0.15, 0.2) is 36.5 Å². The largest absolute Gasteiger partial charge is 0.394 e. The van der Waals surface area contributed by atoms with Gasteiger partial charge in [0, 0.05) is 6.42 Å². The molecule has 0 spiro atoms. The van der Waals surface area contributed by atoms with E-state index in [0.717, 1.165) is 70.6 Å². The predicted octanol–water partition coefficient (Wildman–Crippen LogP) is 3.43. The van der Waals surface area contributed by atoms with Gasteiger partial charge in [-0.2, -0.15) is 0 Å². The van der Waals surface area contributed by atoms with Gasteiger partial charge in [-0.1, -0.05) is 82.4 Å². The van der Waals surface area contributed by atoms with Gasteiger partial charge in [0.05, 0.1) is 25.4 Å². The Morgan fingerprint density at radius 1 is 0.825 bits per heavy atom. The zero-order chi connectivity index (χ0) is 29.6. The molecule has 6 N–H and O–H groups in total. The van der Waals surface area contributed by atoms with E-state index in [1.165, 1.54) is 6.42 Å². The van der Waals surface area contributed by atoms with E-state index in [4.69, 9.17) is 9.47 Å². The Bertz CT molecular complexity index is 726. The van der Waals surface area contributed by atoms with Crippen LogP contribution in [-0.4, -0.2) is 87.5 Å². The monoisotopic (exact) mass is 569 g/mol. The summed E-state index contributed by atoms with van der Waals surface area (Å²) in [6.07, 6.45) is 16.5. The minimum Gasteiger partial charge on any atom is -0.394 e. The molecule has 0 bridgehead atoms. The quantitative estimate of drug-likeness (QED) is 0.0858. The van der Waals surface area contributed by atoms with Crippen molar-refractivity contribution in [2.24, 2.45) is 0 Å². The standard InChI is InChI=1S/C31H55NO8/c1-3-5-7-9-11-12-13-15-17-19-21-27(35)32-24(25(34)20-18-16-14-10-8-6-4-2)23-39-31-30(38)29(37)28(36)26(22-33)40-31/h7-10,18,20,24-26,28-31,33-34,36-38H,3-6,11-17,19,21-23H2,1-2H3,(H,32,35)/b9-7-,10-8+,20-18+. The zero-order valence-electron chi connectivity index (χ0n) is 24.6. The lowest BCUT2D eigenvalue weighted by atomic mass is 9.99. The van der Waals surface area contributed by atoms with Gasteiger partial charge in [0.2, 0.25) is 5.91 Å². The average Bonchev–Trinajstić information content (AvgIpc) is 2.95. The number of hydrogen-bond acceptors (Lipinski definition) is 8. The minimum atomic E-state index is -1.57. The number of allylic oxidation sites excluding steroid dienone is 5. The third-order valence-electron chi connectivity index (χ3n) is 6.90. The first-order chi connectivity index (χ1) is 19.3. The maximum Gasteiger partial charge on any atom is 0.220 e.